The number of nitrogens with zero attached hydrogens (tertiary/aromatic N) is 2. The number of nitrogens with one attached hydrogen (secondary N) is 2. The summed E-state index contributed by atoms with van der Waals surface area (Å²) in [5.41, 5.74) is 1.43. The number of furan rings is 1. The van der Waals surface area contributed by atoms with Gasteiger partial charge >= 0.3 is 0 Å². The molecule has 0 aliphatic heterocycles. The highest BCUT2D eigenvalue weighted by atomic mass is 16.3. The minimum Gasteiger partial charge on any atom is -0.467 e. The Morgan fingerprint density at radius 3 is 2.68 bits per heavy atom. The molecule has 0 aliphatic rings. The van der Waals surface area contributed by atoms with E-state index < -0.39 is 0 Å². The Hall–Kier alpha value is -3.35. The molecule has 0 atom stereocenters. The molecule has 0 bridgehead atoms. The fourth-order valence-electron chi connectivity index (χ4n) is 2.39. The van der Waals surface area contributed by atoms with Crippen LogP contribution in [0.2, 0.25) is 0 Å². The Bertz CT molecular complexity index is 854. The lowest BCUT2D eigenvalue weighted by atomic mass is 10.1. The SMILES string of the molecule is Cn1cc(NC(=O)Cc2ccccc2)c(C(=O)NCc2ccco2)n1. The normalized spacial score (nSPS) is 10.4. The molecule has 3 aromatic rings. The van der Waals surface area contributed by atoms with Crippen molar-refractivity contribution >= 4 is 17.5 Å². The average Bonchev–Trinajstić information content (AvgIpc) is 3.23. The minimum atomic E-state index is -0.382. The Morgan fingerprint density at radius 2 is 1.96 bits per heavy atom. The number of aryl methyl sites for hydroxylation is 1. The van der Waals surface area contributed by atoms with Crippen LogP contribution in [0, 0.1) is 0 Å². The number of carbonyl (C=O) groups is 2. The van der Waals surface area contributed by atoms with Crippen molar-refractivity contribution in [2.45, 2.75) is 13.0 Å². The molecule has 0 saturated carbocycles. The van der Waals surface area contributed by atoms with Gasteiger partial charge in [0.2, 0.25) is 5.91 Å². The highest BCUT2D eigenvalue weighted by Gasteiger charge is 2.18. The lowest BCUT2D eigenvalue weighted by Crippen LogP contribution is -2.25. The summed E-state index contributed by atoms with van der Waals surface area (Å²) in [6.07, 6.45) is 3.37. The first-order valence-electron chi connectivity index (χ1n) is 7.80. The van der Waals surface area contributed by atoms with Gasteiger partial charge in [0, 0.05) is 13.2 Å². The molecule has 0 unspecified atom stereocenters. The van der Waals surface area contributed by atoms with Gasteiger partial charge in [0.1, 0.15) is 5.76 Å². The van der Waals surface area contributed by atoms with Crippen molar-refractivity contribution in [1.29, 1.82) is 0 Å². The number of benzene rings is 1. The molecule has 25 heavy (non-hydrogen) atoms. The summed E-state index contributed by atoms with van der Waals surface area (Å²) in [6, 6.07) is 12.9. The molecule has 0 radical (unpaired) electrons. The number of anilines is 1. The second-order valence-electron chi connectivity index (χ2n) is 5.54. The Morgan fingerprint density at radius 1 is 1.16 bits per heavy atom. The smallest absolute Gasteiger partial charge is 0.274 e. The van der Waals surface area contributed by atoms with E-state index in [4.69, 9.17) is 4.42 Å². The third-order valence-electron chi connectivity index (χ3n) is 3.53. The van der Waals surface area contributed by atoms with Crippen molar-refractivity contribution in [1.82, 2.24) is 15.1 Å². The summed E-state index contributed by atoms with van der Waals surface area (Å²) in [4.78, 5) is 24.5. The maximum atomic E-state index is 12.3. The van der Waals surface area contributed by atoms with Gasteiger partial charge in [0.05, 0.1) is 24.9 Å². The molecule has 7 nitrogen and oxygen atoms in total. The minimum absolute atomic E-state index is 0.162. The van der Waals surface area contributed by atoms with Gasteiger partial charge in [-0.05, 0) is 17.7 Å². The predicted octanol–water partition coefficient (Wildman–Crippen LogP) is 2.12. The highest BCUT2D eigenvalue weighted by Crippen LogP contribution is 2.14. The van der Waals surface area contributed by atoms with E-state index in [1.807, 2.05) is 30.3 Å². The van der Waals surface area contributed by atoms with Crippen molar-refractivity contribution in [3.05, 3.63) is 71.9 Å². The lowest BCUT2D eigenvalue weighted by molar-refractivity contribution is -0.115. The van der Waals surface area contributed by atoms with Crippen LogP contribution in [-0.2, 0) is 24.8 Å². The number of rotatable bonds is 6. The number of carbonyl (C=O) groups excluding carboxylic acids is 2. The van der Waals surface area contributed by atoms with Gasteiger partial charge in [0.25, 0.3) is 5.91 Å². The van der Waals surface area contributed by atoms with E-state index in [0.29, 0.717) is 11.4 Å². The number of aromatic nitrogens is 2. The molecule has 0 spiro atoms. The average molecular weight is 338 g/mol. The summed E-state index contributed by atoms with van der Waals surface area (Å²) in [5, 5.41) is 9.60. The zero-order valence-electron chi connectivity index (χ0n) is 13.7. The summed E-state index contributed by atoms with van der Waals surface area (Å²) in [5.74, 6) is 0.0465. The summed E-state index contributed by atoms with van der Waals surface area (Å²) in [6.45, 7) is 0.250. The first-order chi connectivity index (χ1) is 12.1. The third kappa shape index (κ3) is 4.35. The fourth-order valence-corrected chi connectivity index (χ4v) is 2.39. The van der Waals surface area contributed by atoms with E-state index in [-0.39, 0.29) is 30.5 Å². The molecule has 2 heterocycles. The highest BCUT2D eigenvalue weighted by molar-refractivity contribution is 6.02. The van der Waals surface area contributed by atoms with Gasteiger partial charge < -0.3 is 15.1 Å². The van der Waals surface area contributed by atoms with Gasteiger partial charge in [-0.3, -0.25) is 14.3 Å². The first kappa shape index (κ1) is 16.5. The van der Waals surface area contributed by atoms with Crippen LogP contribution in [0.4, 0.5) is 5.69 Å². The van der Waals surface area contributed by atoms with Crippen LogP contribution in [0.3, 0.4) is 0 Å². The Labute approximate surface area is 144 Å². The van der Waals surface area contributed by atoms with Gasteiger partial charge in [-0.15, -0.1) is 0 Å². The fraction of sp³-hybridized carbons (Fsp3) is 0.167. The second-order valence-corrected chi connectivity index (χ2v) is 5.54. The summed E-state index contributed by atoms with van der Waals surface area (Å²) in [7, 11) is 1.69. The molecular weight excluding hydrogens is 320 g/mol. The van der Waals surface area contributed by atoms with Crippen molar-refractivity contribution in [2.24, 2.45) is 7.05 Å². The van der Waals surface area contributed by atoms with E-state index >= 15 is 0 Å². The van der Waals surface area contributed by atoms with Crippen molar-refractivity contribution in [3.8, 4) is 0 Å². The topological polar surface area (TPSA) is 89.2 Å². The third-order valence-corrected chi connectivity index (χ3v) is 3.53. The number of hydrogen-bond donors (Lipinski definition) is 2. The monoisotopic (exact) mass is 338 g/mol. The Balaban J connectivity index is 1.65. The maximum absolute atomic E-state index is 12.3. The zero-order chi connectivity index (χ0) is 17.6. The van der Waals surface area contributed by atoms with Gasteiger partial charge in [0.15, 0.2) is 5.69 Å². The first-order valence-corrected chi connectivity index (χ1v) is 7.80. The van der Waals surface area contributed by atoms with E-state index in [2.05, 4.69) is 15.7 Å². The second kappa shape index (κ2) is 7.48. The molecule has 2 aromatic heterocycles. The summed E-state index contributed by atoms with van der Waals surface area (Å²) < 4.78 is 6.66. The molecule has 0 fully saturated rings. The molecule has 3 rings (SSSR count). The van der Waals surface area contributed by atoms with Crippen LogP contribution in [0.5, 0.6) is 0 Å². The van der Waals surface area contributed by atoms with Crippen LogP contribution in [-0.4, -0.2) is 21.6 Å². The number of amides is 2. The Kier molecular flexibility index (Phi) is 4.94. The largest absolute Gasteiger partial charge is 0.467 e. The molecular formula is C18H18N4O3. The summed E-state index contributed by atoms with van der Waals surface area (Å²) >= 11 is 0. The van der Waals surface area contributed by atoms with E-state index in [1.165, 1.54) is 10.9 Å². The number of hydrogen-bond acceptors (Lipinski definition) is 4. The quantitative estimate of drug-likeness (QED) is 0.720. The van der Waals surface area contributed by atoms with E-state index in [0.717, 1.165) is 5.56 Å². The van der Waals surface area contributed by atoms with Crippen LogP contribution < -0.4 is 10.6 Å². The van der Waals surface area contributed by atoms with Crippen molar-refractivity contribution in [2.75, 3.05) is 5.32 Å². The van der Waals surface area contributed by atoms with Crippen molar-refractivity contribution in [3.63, 3.8) is 0 Å². The molecule has 0 saturated heterocycles. The van der Waals surface area contributed by atoms with Crippen LogP contribution in [0.25, 0.3) is 0 Å². The van der Waals surface area contributed by atoms with Gasteiger partial charge in [-0.2, -0.15) is 5.10 Å². The lowest BCUT2D eigenvalue weighted by Gasteiger charge is -2.06. The van der Waals surface area contributed by atoms with Gasteiger partial charge in [-0.25, -0.2) is 0 Å². The van der Waals surface area contributed by atoms with Gasteiger partial charge in [-0.1, -0.05) is 30.3 Å². The van der Waals surface area contributed by atoms with Crippen LogP contribution in [0.1, 0.15) is 21.8 Å². The molecule has 2 N–H and O–H groups in total. The van der Waals surface area contributed by atoms with E-state index in [9.17, 15) is 9.59 Å². The zero-order valence-corrected chi connectivity index (χ0v) is 13.7. The molecule has 1 aromatic carbocycles. The van der Waals surface area contributed by atoms with Crippen LogP contribution in [0.15, 0.2) is 59.3 Å². The van der Waals surface area contributed by atoms with Crippen molar-refractivity contribution < 1.29 is 14.0 Å². The maximum Gasteiger partial charge on any atom is 0.274 e. The molecule has 128 valence electrons. The standard InChI is InChI=1S/C18H18N4O3/c1-22-12-15(20-16(23)10-13-6-3-2-4-7-13)17(21-22)18(24)19-11-14-8-5-9-25-14/h2-9,12H,10-11H2,1H3,(H,19,24)(H,20,23). The van der Waals surface area contributed by atoms with E-state index in [1.54, 1.807) is 25.4 Å². The predicted molar refractivity (Wildman–Crippen MR) is 91.9 cm³/mol. The molecule has 2 amide bonds. The van der Waals surface area contributed by atoms with Crippen LogP contribution >= 0.6 is 0 Å². The molecule has 7 heteroatoms. The molecule has 0 aliphatic carbocycles.